The Hall–Kier alpha value is -0.820. The molecule has 0 radical (unpaired) electrons. The number of aliphatic imine (C=N–C) groups is 1. The number of aryl methyl sites for hydroxylation is 1. The number of guanidine groups is 1. The lowest BCUT2D eigenvalue weighted by atomic mass is 10.1. The van der Waals surface area contributed by atoms with Crippen LogP contribution in [0.3, 0.4) is 0 Å². The maximum Gasteiger partial charge on any atom is 0.191 e. The van der Waals surface area contributed by atoms with E-state index in [0.717, 1.165) is 58.1 Å². The summed E-state index contributed by atoms with van der Waals surface area (Å²) in [6.45, 7) is 10.4. The van der Waals surface area contributed by atoms with Gasteiger partial charge in [-0.05, 0) is 44.2 Å². The first kappa shape index (κ1) is 22.2. The van der Waals surface area contributed by atoms with Crippen molar-refractivity contribution in [2.24, 2.45) is 4.99 Å². The van der Waals surface area contributed by atoms with Gasteiger partial charge in [0.2, 0.25) is 0 Å². The molecule has 0 atom stereocenters. The zero-order valence-electron chi connectivity index (χ0n) is 14.7. The van der Waals surface area contributed by atoms with E-state index in [9.17, 15) is 0 Å². The van der Waals surface area contributed by atoms with Crippen LogP contribution in [0.15, 0.2) is 29.3 Å². The van der Waals surface area contributed by atoms with Crippen molar-refractivity contribution in [3.8, 4) is 0 Å². The van der Waals surface area contributed by atoms with Crippen LogP contribution < -0.4 is 10.6 Å². The van der Waals surface area contributed by atoms with Crippen LogP contribution in [0.2, 0.25) is 0 Å². The summed E-state index contributed by atoms with van der Waals surface area (Å²) in [4.78, 5) is 4.56. The van der Waals surface area contributed by atoms with Gasteiger partial charge in [-0.15, -0.1) is 24.0 Å². The molecule has 1 aromatic carbocycles. The second-order valence-corrected chi connectivity index (χ2v) is 5.16. The minimum absolute atomic E-state index is 0. The van der Waals surface area contributed by atoms with E-state index in [1.807, 2.05) is 6.92 Å². The molecule has 1 aromatic rings. The van der Waals surface area contributed by atoms with E-state index >= 15 is 0 Å². The lowest BCUT2D eigenvalue weighted by molar-refractivity contribution is 0.146. The molecular formula is C18H32IN3O. The smallest absolute Gasteiger partial charge is 0.191 e. The molecule has 1 rings (SSSR count). The molecule has 0 saturated heterocycles. The van der Waals surface area contributed by atoms with E-state index in [0.29, 0.717) is 0 Å². The summed E-state index contributed by atoms with van der Waals surface area (Å²) in [6.07, 6.45) is 3.06. The summed E-state index contributed by atoms with van der Waals surface area (Å²) < 4.78 is 5.32. The van der Waals surface area contributed by atoms with Crippen LogP contribution in [0.1, 0.15) is 38.3 Å². The van der Waals surface area contributed by atoms with Gasteiger partial charge in [0.15, 0.2) is 5.96 Å². The number of halogens is 1. The fourth-order valence-corrected chi connectivity index (χ4v) is 2.11. The van der Waals surface area contributed by atoms with Crippen molar-refractivity contribution in [2.75, 3.05) is 32.8 Å². The van der Waals surface area contributed by atoms with Crippen molar-refractivity contribution < 1.29 is 4.74 Å². The fourth-order valence-electron chi connectivity index (χ4n) is 2.11. The molecule has 0 amide bonds. The lowest BCUT2D eigenvalue weighted by Gasteiger charge is -2.11. The number of hydrogen-bond donors (Lipinski definition) is 2. The number of nitrogens with one attached hydrogen (secondary N) is 2. The van der Waals surface area contributed by atoms with Crippen molar-refractivity contribution in [3.05, 3.63) is 35.4 Å². The highest BCUT2D eigenvalue weighted by Gasteiger charge is 1.98. The third kappa shape index (κ3) is 10.5. The van der Waals surface area contributed by atoms with Crippen molar-refractivity contribution in [2.45, 2.75) is 40.0 Å². The van der Waals surface area contributed by atoms with Gasteiger partial charge in [-0.25, -0.2) is 0 Å². The topological polar surface area (TPSA) is 45.7 Å². The Morgan fingerprint density at radius 3 is 2.35 bits per heavy atom. The highest BCUT2D eigenvalue weighted by molar-refractivity contribution is 14.0. The molecular weight excluding hydrogens is 401 g/mol. The molecule has 0 unspecified atom stereocenters. The molecule has 132 valence electrons. The first-order chi connectivity index (χ1) is 10.8. The molecule has 23 heavy (non-hydrogen) atoms. The van der Waals surface area contributed by atoms with Gasteiger partial charge in [-0.1, -0.05) is 31.2 Å². The molecule has 0 fully saturated rings. The van der Waals surface area contributed by atoms with Gasteiger partial charge in [0.1, 0.15) is 0 Å². The van der Waals surface area contributed by atoms with Crippen LogP contribution in [0.25, 0.3) is 0 Å². The van der Waals surface area contributed by atoms with Crippen LogP contribution in [-0.2, 0) is 17.6 Å². The molecule has 5 heteroatoms. The molecule has 0 aliphatic heterocycles. The van der Waals surface area contributed by atoms with E-state index in [-0.39, 0.29) is 24.0 Å². The second-order valence-electron chi connectivity index (χ2n) is 5.16. The average molecular weight is 433 g/mol. The predicted molar refractivity (Wildman–Crippen MR) is 110 cm³/mol. The molecule has 0 spiro atoms. The predicted octanol–water partition coefficient (Wildman–Crippen LogP) is 3.39. The molecule has 0 aliphatic rings. The molecule has 0 heterocycles. The van der Waals surface area contributed by atoms with Gasteiger partial charge >= 0.3 is 0 Å². The van der Waals surface area contributed by atoms with Gasteiger partial charge in [-0.3, -0.25) is 4.99 Å². The largest absolute Gasteiger partial charge is 0.382 e. The number of hydrogen-bond acceptors (Lipinski definition) is 2. The molecule has 0 aliphatic carbocycles. The zero-order valence-corrected chi connectivity index (χ0v) is 17.1. The first-order valence-corrected chi connectivity index (χ1v) is 8.47. The highest BCUT2D eigenvalue weighted by Crippen LogP contribution is 2.05. The van der Waals surface area contributed by atoms with E-state index in [2.05, 4.69) is 53.7 Å². The Bertz CT molecular complexity index is 421. The van der Waals surface area contributed by atoms with Crippen LogP contribution in [-0.4, -0.2) is 38.8 Å². The summed E-state index contributed by atoms with van der Waals surface area (Å²) >= 11 is 0. The van der Waals surface area contributed by atoms with E-state index in [1.165, 1.54) is 11.1 Å². The van der Waals surface area contributed by atoms with Gasteiger partial charge in [0.25, 0.3) is 0 Å². The Labute approximate surface area is 158 Å². The molecule has 4 nitrogen and oxygen atoms in total. The summed E-state index contributed by atoms with van der Waals surface area (Å²) in [5, 5.41) is 6.66. The molecule has 0 bridgehead atoms. The molecule has 0 aromatic heterocycles. The van der Waals surface area contributed by atoms with Gasteiger partial charge in [0.05, 0.1) is 0 Å². The first-order valence-electron chi connectivity index (χ1n) is 8.47. The van der Waals surface area contributed by atoms with Crippen molar-refractivity contribution in [1.29, 1.82) is 0 Å². The summed E-state index contributed by atoms with van der Waals surface area (Å²) in [5.74, 6) is 0.893. The quantitative estimate of drug-likeness (QED) is 0.257. The Morgan fingerprint density at radius 2 is 1.74 bits per heavy atom. The van der Waals surface area contributed by atoms with E-state index in [1.54, 1.807) is 0 Å². The Morgan fingerprint density at radius 1 is 1.04 bits per heavy atom. The van der Waals surface area contributed by atoms with E-state index in [4.69, 9.17) is 4.74 Å². The lowest BCUT2D eigenvalue weighted by Crippen LogP contribution is -2.38. The normalized spacial score (nSPS) is 11.0. The molecule has 2 N–H and O–H groups in total. The monoisotopic (exact) mass is 433 g/mol. The maximum atomic E-state index is 5.32. The summed E-state index contributed by atoms with van der Waals surface area (Å²) in [5.41, 5.74) is 2.75. The van der Waals surface area contributed by atoms with Crippen LogP contribution in [0.5, 0.6) is 0 Å². The minimum Gasteiger partial charge on any atom is -0.382 e. The fraction of sp³-hybridized carbons (Fsp3) is 0.611. The third-order valence-electron chi connectivity index (χ3n) is 3.40. The van der Waals surface area contributed by atoms with Crippen LogP contribution >= 0.6 is 24.0 Å². The van der Waals surface area contributed by atoms with Crippen LogP contribution in [0, 0.1) is 0 Å². The molecule has 0 saturated carbocycles. The summed E-state index contributed by atoms with van der Waals surface area (Å²) in [7, 11) is 0. The SMILES string of the molecule is CCNC(=NCCCOCC)NCCc1ccc(CC)cc1.I. The highest BCUT2D eigenvalue weighted by atomic mass is 127. The standard InChI is InChI=1S/C18H31N3O.HI/c1-4-16-8-10-17(11-9-16)12-14-21-18(19-5-2)20-13-7-15-22-6-3;/h8-11H,4-7,12-15H2,1-3H3,(H2,19,20,21);1H. The van der Waals surface area contributed by atoms with Gasteiger partial charge < -0.3 is 15.4 Å². The number of nitrogens with zero attached hydrogens (tertiary/aromatic N) is 1. The maximum absolute atomic E-state index is 5.32. The minimum atomic E-state index is 0. The number of rotatable bonds is 10. The number of benzene rings is 1. The Balaban J connectivity index is 0.00000484. The Kier molecular flexibility index (Phi) is 14.2. The zero-order chi connectivity index (χ0) is 16.0. The average Bonchev–Trinajstić information content (AvgIpc) is 2.55. The summed E-state index contributed by atoms with van der Waals surface area (Å²) in [6, 6.07) is 8.85. The van der Waals surface area contributed by atoms with Crippen molar-refractivity contribution in [3.63, 3.8) is 0 Å². The van der Waals surface area contributed by atoms with Gasteiger partial charge in [-0.2, -0.15) is 0 Å². The van der Waals surface area contributed by atoms with E-state index < -0.39 is 0 Å². The van der Waals surface area contributed by atoms with Crippen LogP contribution in [0.4, 0.5) is 0 Å². The third-order valence-corrected chi connectivity index (χ3v) is 3.40. The van der Waals surface area contributed by atoms with Gasteiger partial charge in [0, 0.05) is 32.8 Å². The second kappa shape index (κ2) is 14.8. The van der Waals surface area contributed by atoms with Crippen molar-refractivity contribution >= 4 is 29.9 Å². The number of ether oxygens (including phenoxy) is 1. The van der Waals surface area contributed by atoms with Crippen molar-refractivity contribution in [1.82, 2.24) is 10.6 Å².